The largest absolute Gasteiger partial charge is 0.573 e. The summed E-state index contributed by atoms with van der Waals surface area (Å²) < 4.78 is 42.6. The van der Waals surface area contributed by atoms with Crippen LogP contribution in [0.15, 0.2) is 78.0 Å². The first-order valence-electron chi connectivity index (χ1n) is 13.8. The van der Waals surface area contributed by atoms with Gasteiger partial charge in [0.05, 0.1) is 23.2 Å². The number of benzene rings is 3. The highest BCUT2D eigenvalue weighted by Gasteiger charge is 2.32. The molecule has 4 aromatic rings. The third kappa shape index (κ3) is 7.28. The molecule has 1 aliphatic rings. The number of halogens is 3. The van der Waals surface area contributed by atoms with E-state index >= 15 is 0 Å². The number of rotatable bonds is 8. The van der Waals surface area contributed by atoms with Crippen molar-refractivity contribution >= 4 is 34.6 Å². The predicted molar refractivity (Wildman–Crippen MR) is 163 cm³/mol. The summed E-state index contributed by atoms with van der Waals surface area (Å²) in [5, 5.41) is 7.64. The maximum absolute atomic E-state index is 12.9. The number of ether oxygens (including phenoxy) is 1. The van der Waals surface area contributed by atoms with Crippen molar-refractivity contribution < 1.29 is 27.5 Å². The lowest BCUT2D eigenvalue weighted by Crippen LogP contribution is -2.32. The molecule has 228 valence electrons. The molecule has 9 nitrogen and oxygen atoms in total. The van der Waals surface area contributed by atoms with Crippen molar-refractivity contribution in [3.8, 4) is 22.8 Å². The number of carbonyl (C=O) groups excluding carboxylic acids is 2. The van der Waals surface area contributed by atoms with Crippen molar-refractivity contribution in [1.82, 2.24) is 20.1 Å². The molecular weight excluding hydrogens is 593 g/mol. The number of nitrogens with zero attached hydrogens (tertiary/aromatic N) is 5. The van der Waals surface area contributed by atoms with E-state index in [0.29, 0.717) is 22.2 Å². The first kappa shape index (κ1) is 30.8. The second-order valence-electron chi connectivity index (χ2n) is 10.1. The van der Waals surface area contributed by atoms with Crippen LogP contribution in [0.2, 0.25) is 0 Å². The minimum atomic E-state index is -4.76. The topological polar surface area (TPSA) is 102 Å². The fourth-order valence-electron chi connectivity index (χ4n) is 4.67. The Bertz CT molecular complexity index is 1690. The fraction of sp³-hybridized carbons (Fsp3) is 0.258. The Morgan fingerprint density at radius 3 is 2.52 bits per heavy atom. The zero-order valence-corrected chi connectivity index (χ0v) is 24.9. The molecule has 44 heavy (non-hydrogen) atoms. The number of hydrogen-bond acceptors (Lipinski definition) is 6. The molecule has 13 heteroatoms. The zero-order valence-electron chi connectivity index (χ0n) is 24.1. The monoisotopic (exact) mass is 622 g/mol. The number of urea groups is 1. The van der Waals surface area contributed by atoms with Gasteiger partial charge in [0, 0.05) is 5.56 Å². The lowest BCUT2D eigenvalue weighted by atomic mass is 10.0. The van der Waals surface area contributed by atoms with Gasteiger partial charge < -0.3 is 10.1 Å². The molecule has 1 saturated heterocycles. The van der Waals surface area contributed by atoms with E-state index in [1.807, 2.05) is 56.3 Å². The third-order valence-corrected chi connectivity index (χ3v) is 7.72. The highest BCUT2D eigenvalue weighted by molar-refractivity contribution is 8.15. The first-order valence-corrected chi connectivity index (χ1v) is 14.8. The molecule has 1 atom stereocenters. The SMILES string of the molecule is CCCc1ccc(C)cc1N1C(=O)CSC1=NC(=O)NC(C)c1ccc(-c2ncn(-c3ccc(OC(F)(F)F)cc3)n2)cc1. The predicted octanol–water partition coefficient (Wildman–Crippen LogP) is 7.00. The Labute approximate surface area is 256 Å². The Kier molecular flexibility index (Phi) is 9.04. The van der Waals surface area contributed by atoms with Crippen molar-refractivity contribution in [2.45, 2.75) is 46.0 Å². The standard InChI is InChI=1S/C31H29F3N6O3S/c1-4-5-22-7-6-19(2)16-26(22)40-27(41)17-44-30(40)37-29(42)36-20(3)21-8-10-23(11-9-21)28-35-18-39(38-28)24-12-14-25(15-13-24)43-31(32,33)34/h6-16,18,20H,4-5,17H2,1-3H3,(H,36,42). The molecule has 1 aromatic heterocycles. The molecule has 1 unspecified atom stereocenters. The molecule has 1 N–H and O–H groups in total. The molecular formula is C31H29F3N6O3S. The van der Waals surface area contributed by atoms with Gasteiger partial charge in [0.2, 0.25) is 5.91 Å². The third-order valence-electron chi connectivity index (χ3n) is 6.80. The number of aliphatic imine (C=N–C) groups is 1. The summed E-state index contributed by atoms with van der Waals surface area (Å²) in [4.78, 5) is 35.8. The van der Waals surface area contributed by atoms with E-state index in [1.165, 1.54) is 47.0 Å². The van der Waals surface area contributed by atoms with Crippen LogP contribution in [0.4, 0.5) is 23.7 Å². The van der Waals surface area contributed by atoms with E-state index in [4.69, 9.17) is 0 Å². The van der Waals surface area contributed by atoms with Gasteiger partial charge in [-0.25, -0.2) is 14.5 Å². The summed E-state index contributed by atoms with van der Waals surface area (Å²) in [5.74, 6) is 0.183. The number of anilines is 1. The van der Waals surface area contributed by atoms with Crippen molar-refractivity contribution in [3.05, 3.63) is 89.7 Å². The summed E-state index contributed by atoms with van der Waals surface area (Å²) in [6.45, 7) is 5.87. The van der Waals surface area contributed by atoms with E-state index in [-0.39, 0.29) is 23.5 Å². The van der Waals surface area contributed by atoms with E-state index in [2.05, 4.69) is 32.1 Å². The van der Waals surface area contributed by atoms with Crippen LogP contribution in [-0.4, -0.2) is 44.0 Å². The second kappa shape index (κ2) is 12.9. The van der Waals surface area contributed by atoms with E-state index in [0.717, 1.165) is 35.2 Å². The Hall–Kier alpha value is -4.65. The van der Waals surface area contributed by atoms with Gasteiger partial charge in [0.15, 0.2) is 11.0 Å². The molecule has 3 aromatic carbocycles. The summed E-state index contributed by atoms with van der Waals surface area (Å²) in [7, 11) is 0. The van der Waals surface area contributed by atoms with Gasteiger partial charge in [0.25, 0.3) is 0 Å². The zero-order chi connectivity index (χ0) is 31.4. The fourth-order valence-corrected chi connectivity index (χ4v) is 5.53. The second-order valence-corrected chi connectivity index (χ2v) is 11.1. The van der Waals surface area contributed by atoms with Crippen LogP contribution in [0.3, 0.4) is 0 Å². The first-order chi connectivity index (χ1) is 21.0. The lowest BCUT2D eigenvalue weighted by Gasteiger charge is -2.20. The molecule has 0 radical (unpaired) electrons. The highest BCUT2D eigenvalue weighted by Crippen LogP contribution is 2.32. The molecule has 0 aliphatic carbocycles. The normalized spacial score (nSPS) is 15.1. The Balaban J connectivity index is 1.25. The number of amidine groups is 1. The van der Waals surface area contributed by atoms with Gasteiger partial charge in [-0.05, 0) is 67.3 Å². The molecule has 5 rings (SSSR count). The summed E-state index contributed by atoms with van der Waals surface area (Å²) in [5.41, 5.74) is 4.85. The molecule has 0 spiro atoms. The summed E-state index contributed by atoms with van der Waals surface area (Å²) in [6, 6.07) is 17.6. The van der Waals surface area contributed by atoms with Crippen LogP contribution in [0.25, 0.3) is 17.1 Å². The summed E-state index contributed by atoms with van der Waals surface area (Å²) in [6.07, 6.45) is -1.58. The van der Waals surface area contributed by atoms with Gasteiger partial charge >= 0.3 is 12.4 Å². The van der Waals surface area contributed by atoms with Gasteiger partial charge in [-0.3, -0.25) is 9.69 Å². The van der Waals surface area contributed by atoms with Crippen LogP contribution in [-0.2, 0) is 11.2 Å². The van der Waals surface area contributed by atoms with E-state index in [9.17, 15) is 22.8 Å². The minimum absolute atomic E-state index is 0.114. The van der Waals surface area contributed by atoms with Gasteiger partial charge in [-0.1, -0.05) is 61.5 Å². The number of aromatic nitrogens is 3. The maximum Gasteiger partial charge on any atom is 0.573 e. The number of amides is 3. The number of thioether (sulfide) groups is 1. The van der Waals surface area contributed by atoms with Gasteiger partial charge in [0.1, 0.15) is 12.1 Å². The van der Waals surface area contributed by atoms with Crippen LogP contribution in [0, 0.1) is 6.92 Å². The van der Waals surface area contributed by atoms with Crippen LogP contribution >= 0.6 is 11.8 Å². The van der Waals surface area contributed by atoms with Crippen molar-refractivity contribution in [2.24, 2.45) is 4.99 Å². The molecule has 0 bridgehead atoms. The molecule has 1 aliphatic heterocycles. The Morgan fingerprint density at radius 2 is 1.84 bits per heavy atom. The van der Waals surface area contributed by atoms with Gasteiger partial charge in [-0.15, -0.1) is 18.3 Å². The molecule has 1 fully saturated rings. The Morgan fingerprint density at radius 1 is 1.11 bits per heavy atom. The van der Waals surface area contributed by atoms with Gasteiger partial charge in [-0.2, -0.15) is 4.99 Å². The van der Waals surface area contributed by atoms with Crippen LogP contribution in [0.5, 0.6) is 5.75 Å². The highest BCUT2D eigenvalue weighted by atomic mass is 32.2. The number of carbonyl (C=O) groups is 2. The van der Waals surface area contributed by atoms with Crippen molar-refractivity contribution in [3.63, 3.8) is 0 Å². The minimum Gasteiger partial charge on any atom is -0.406 e. The van der Waals surface area contributed by atoms with E-state index < -0.39 is 12.4 Å². The smallest absolute Gasteiger partial charge is 0.406 e. The number of aryl methyl sites for hydroxylation is 2. The molecule has 2 heterocycles. The molecule has 3 amide bonds. The average Bonchev–Trinajstić information content (AvgIpc) is 3.61. The van der Waals surface area contributed by atoms with Crippen LogP contribution < -0.4 is 15.0 Å². The van der Waals surface area contributed by atoms with E-state index in [1.54, 1.807) is 4.90 Å². The number of hydrogen-bond donors (Lipinski definition) is 1. The average molecular weight is 623 g/mol. The quantitative estimate of drug-likeness (QED) is 0.227. The summed E-state index contributed by atoms with van der Waals surface area (Å²) >= 11 is 1.24. The number of alkyl halides is 3. The maximum atomic E-state index is 12.9. The lowest BCUT2D eigenvalue weighted by molar-refractivity contribution is -0.274. The van der Waals surface area contributed by atoms with Crippen molar-refractivity contribution in [1.29, 1.82) is 0 Å². The van der Waals surface area contributed by atoms with Crippen molar-refractivity contribution in [2.75, 3.05) is 10.7 Å². The number of nitrogens with one attached hydrogen (secondary N) is 1. The molecule has 0 saturated carbocycles. The van der Waals surface area contributed by atoms with Crippen LogP contribution in [0.1, 0.15) is 43.0 Å².